The van der Waals surface area contributed by atoms with E-state index < -0.39 is 6.04 Å². The lowest BCUT2D eigenvalue weighted by atomic mass is 10.1. The molecule has 1 amide bonds. The quantitative estimate of drug-likeness (QED) is 0.714. The fraction of sp³-hybridized carbons (Fsp3) is 0.350. The van der Waals surface area contributed by atoms with E-state index in [2.05, 4.69) is 27.7 Å². The van der Waals surface area contributed by atoms with Gasteiger partial charge in [0.1, 0.15) is 6.04 Å². The van der Waals surface area contributed by atoms with E-state index in [0.29, 0.717) is 15.7 Å². The van der Waals surface area contributed by atoms with E-state index in [1.807, 2.05) is 19.1 Å². The highest BCUT2D eigenvalue weighted by Gasteiger charge is 2.15. The van der Waals surface area contributed by atoms with E-state index in [-0.39, 0.29) is 5.91 Å². The van der Waals surface area contributed by atoms with Crippen molar-refractivity contribution in [1.82, 2.24) is 0 Å². The van der Waals surface area contributed by atoms with E-state index >= 15 is 0 Å². The maximum atomic E-state index is 12.4. The second kappa shape index (κ2) is 8.65. The van der Waals surface area contributed by atoms with Crippen LogP contribution in [0.15, 0.2) is 42.5 Å². The predicted molar refractivity (Wildman–Crippen MR) is 111 cm³/mol. The fourth-order valence-corrected chi connectivity index (χ4v) is 3.52. The number of nitrogens with zero attached hydrogens (tertiary/aromatic N) is 1. The van der Waals surface area contributed by atoms with Crippen molar-refractivity contribution in [2.45, 2.75) is 32.2 Å². The first kappa shape index (κ1) is 18.9. The molecule has 0 saturated carbocycles. The van der Waals surface area contributed by atoms with Gasteiger partial charge in [-0.1, -0.05) is 23.2 Å². The Balaban J connectivity index is 1.58. The summed E-state index contributed by atoms with van der Waals surface area (Å²) in [5, 5.41) is 7.00. The summed E-state index contributed by atoms with van der Waals surface area (Å²) in [6.45, 7) is 4.05. The molecule has 0 bridgehead atoms. The van der Waals surface area contributed by atoms with Gasteiger partial charge >= 0.3 is 0 Å². The Bertz CT molecular complexity index is 758. The van der Waals surface area contributed by atoms with Gasteiger partial charge in [0.15, 0.2) is 0 Å². The number of piperidine rings is 1. The van der Waals surface area contributed by atoms with Gasteiger partial charge in [0.05, 0.1) is 10.7 Å². The first-order valence-electron chi connectivity index (χ1n) is 8.90. The van der Waals surface area contributed by atoms with Crippen molar-refractivity contribution in [2.75, 3.05) is 28.6 Å². The molecule has 1 fully saturated rings. The molecule has 0 radical (unpaired) electrons. The van der Waals surface area contributed by atoms with Crippen molar-refractivity contribution in [3.8, 4) is 0 Å². The number of benzene rings is 2. The normalized spacial score (nSPS) is 15.4. The highest BCUT2D eigenvalue weighted by Crippen LogP contribution is 2.26. The predicted octanol–water partition coefficient (Wildman–Crippen LogP) is 5.42. The van der Waals surface area contributed by atoms with Crippen LogP contribution in [0.3, 0.4) is 0 Å². The summed E-state index contributed by atoms with van der Waals surface area (Å²) in [7, 11) is 0. The number of amides is 1. The third-order valence-electron chi connectivity index (χ3n) is 4.55. The van der Waals surface area contributed by atoms with Gasteiger partial charge in [-0.05, 0) is 68.7 Å². The maximum Gasteiger partial charge on any atom is 0.246 e. The Morgan fingerprint density at radius 2 is 1.73 bits per heavy atom. The number of rotatable bonds is 5. The summed E-state index contributed by atoms with van der Waals surface area (Å²) in [5.74, 6) is -0.158. The van der Waals surface area contributed by atoms with E-state index in [0.717, 1.165) is 18.8 Å². The molecule has 0 aromatic heterocycles. The van der Waals surface area contributed by atoms with E-state index in [1.165, 1.54) is 24.9 Å². The molecule has 138 valence electrons. The van der Waals surface area contributed by atoms with Crippen molar-refractivity contribution in [1.29, 1.82) is 0 Å². The molecule has 1 atom stereocenters. The number of hydrogen-bond acceptors (Lipinski definition) is 3. The van der Waals surface area contributed by atoms with Gasteiger partial charge in [-0.25, -0.2) is 0 Å². The molecule has 1 heterocycles. The summed E-state index contributed by atoms with van der Waals surface area (Å²) in [6, 6.07) is 12.8. The lowest BCUT2D eigenvalue weighted by Crippen LogP contribution is -2.32. The molecule has 2 N–H and O–H groups in total. The SMILES string of the molecule is C[C@@H](Nc1ccc(N2CCCCC2)cc1)C(=O)Nc1ccc(Cl)cc1Cl. The number of carbonyl (C=O) groups excluding carboxylic acids is 1. The van der Waals surface area contributed by atoms with E-state index in [1.54, 1.807) is 18.2 Å². The highest BCUT2D eigenvalue weighted by molar-refractivity contribution is 6.36. The minimum absolute atomic E-state index is 0.158. The fourth-order valence-electron chi connectivity index (χ4n) is 3.07. The Morgan fingerprint density at radius 3 is 2.38 bits per heavy atom. The van der Waals surface area contributed by atoms with Gasteiger partial charge < -0.3 is 15.5 Å². The zero-order chi connectivity index (χ0) is 18.5. The van der Waals surface area contributed by atoms with Crippen LogP contribution in [-0.4, -0.2) is 25.0 Å². The Hall–Kier alpha value is -1.91. The van der Waals surface area contributed by atoms with Gasteiger partial charge in [0.2, 0.25) is 5.91 Å². The molecule has 1 aliphatic heterocycles. The lowest BCUT2D eigenvalue weighted by molar-refractivity contribution is -0.116. The van der Waals surface area contributed by atoms with E-state index in [4.69, 9.17) is 23.2 Å². The van der Waals surface area contributed by atoms with Gasteiger partial charge in [-0.3, -0.25) is 4.79 Å². The molecular weight excluding hydrogens is 369 g/mol. The molecule has 2 aromatic carbocycles. The second-order valence-corrected chi connectivity index (χ2v) is 7.42. The number of carbonyl (C=O) groups is 1. The first-order valence-corrected chi connectivity index (χ1v) is 9.66. The number of halogens is 2. The zero-order valence-corrected chi connectivity index (χ0v) is 16.3. The van der Waals surface area contributed by atoms with Crippen molar-refractivity contribution < 1.29 is 4.79 Å². The van der Waals surface area contributed by atoms with Crippen LogP contribution in [0.25, 0.3) is 0 Å². The van der Waals surface area contributed by atoms with E-state index in [9.17, 15) is 4.79 Å². The molecule has 1 saturated heterocycles. The first-order chi connectivity index (χ1) is 12.5. The molecule has 0 spiro atoms. The van der Waals surface area contributed by atoms with Gasteiger partial charge in [-0.15, -0.1) is 0 Å². The van der Waals surface area contributed by atoms with Gasteiger partial charge in [-0.2, -0.15) is 0 Å². The monoisotopic (exact) mass is 391 g/mol. The van der Waals surface area contributed by atoms with Crippen LogP contribution in [0.5, 0.6) is 0 Å². The zero-order valence-electron chi connectivity index (χ0n) is 14.8. The smallest absolute Gasteiger partial charge is 0.246 e. The molecule has 3 rings (SSSR count). The molecular formula is C20H23Cl2N3O. The highest BCUT2D eigenvalue weighted by atomic mass is 35.5. The van der Waals surface area contributed by atoms with Crippen LogP contribution in [0.1, 0.15) is 26.2 Å². The van der Waals surface area contributed by atoms with Gasteiger partial charge in [0, 0.05) is 29.5 Å². The number of hydrogen-bond donors (Lipinski definition) is 2. The van der Waals surface area contributed by atoms with Crippen molar-refractivity contribution in [2.24, 2.45) is 0 Å². The number of anilines is 3. The molecule has 4 nitrogen and oxygen atoms in total. The molecule has 0 aliphatic carbocycles. The average molecular weight is 392 g/mol. The van der Waals surface area contributed by atoms with Crippen LogP contribution in [0, 0.1) is 0 Å². The average Bonchev–Trinajstić information content (AvgIpc) is 2.65. The van der Waals surface area contributed by atoms with Crippen molar-refractivity contribution in [3.63, 3.8) is 0 Å². The van der Waals surface area contributed by atoms with Crippen LogP contribution in [0.2, 0.25) is 10.0 Å². The topological polar surface area (TPSA) is 44.4 Å². The standard InChI is InChI=1S/C20H23Cl2N3O/c1-14(20(26)24-19-10-5-15(21)13-18(19)22)23-16-6-8-17(9-7-16)25-11-3-2-4-12-25/h5-10,13-14,23H,2-4,11-12H2,1H3,(H,24,26)/t14-/m1/s1. The minimum atomic E-state index is -0.400. The van der Waals surface area contributed by atoms with Crippen LogP contribution in [-0.2, 0) is 4.79 Å². The summed E-state index contributed by atoms with van der Waals surface area (Å²) < 4.78 is 0. The Labute approximate surface area is 164 Å². The second-order valence-electron chi connectivity index (χ2n) is 6.57. The summed E-state index contributed by atoms with van der Waals surface area (Å²) in [6.07, 6.45) is 3.83. The largest absolute Gasteiger partial charge is 0.374 e. The molecule has 1 aliphatic rings. The van der Waals surface area contributed by atoms with Crippen LogP contribution >= 0.6 is 23.2 Å². The van der Waals surface area contributed by atoms with Crippen LogP contribution < -0.4 is 15.5 Å². The third kappa shape index (κ3) is 4.83. The molecule has 26 heavy (non-hydrogen) atoms. The maximum absolute atomic E-state index is 12.4. The van der Waals surface area contributed by atoms with Gasteiger partial charge in [0.25, 0.3) is 0 Å². The van der Waals surface area contributed by atoms with Crippen molar-refractivity contribution >= 4 is 46.2 Å². The minimum Gasteiger partial charge on any atom is -0.374 e. The summed E-state index contributed by atoms with van der Waals surface area (Å²) in [4.78, 5) is 14.8. The van der Waals surface area contributed by atoms with Crippen LogP contribution in [0.4, 0.5) is 17.1 Å². The molecule has 2 aromatic rings. The summed E-state index contributed by atoms with van der Waals surface area (Å²) in [5.41, 5.74) is 2.70. The summed E-state index contributed by atoms with van der Waals surface area (Å²) >= 11 is 12.0. The molecule has 6 heteroatoms. The molecule has 0 unspecified atom stereocenters. The number of nitrogens with one attached hydrogen (secondary N) is 2. The third-order valence-corrected chi connectivity index (χ3v) is 5.10. The Kier molecular flexibility index (Phi) is 6.28. The van der Waals surface area contributed by atoms with Crippen molar-refractivity contribution in [3.05, 3.63) is 52.5 Å². The lowest BCUT2D eigenvalue weighted by Gasteiger charge is -2.29. The Morgan fingerprint density at radius 1 is 1.04 bits per heavy atom.